The molecule has 3 rings (SSSR count). The highest BCUT2D eigenvalue weighted by molar-refractivity contribution is 5.99. The molecule has 0 aliphatic carbocycles. The predicted octanol–water partition coefficient (Wildman–Crippen LogP) is 3.91. The quantitative estimate of drug-likeness (QED) is 0.306. The zero-order valence-electron chi connectivity index (χ0n) is 13.9. The van der Waals surface area contributed by atoms with Crippen LogP contribution in [0.3, 0.4) is 0 Å². The molecule has 5 heteroatoms. The van der Waals surface area contributed by atoms with E-state index >= 15 is 0 Å². The van der Waals surface area contributed by atoms with E-state index in [1.807, 2.05) is 12.1 Å². The molecule has 0 saturated heterocycles. The fourth-order valence-electron chi connectivity index (χ4n) is 2.37. The van der Waals surface area contributed by atoms with Crippen LogP contribution in [0.5, 0.6) is 11.5 Å². The van der Waals surface area contributed by atoms with Crippen LogP contribution < -0.4 is 10.1 Å². The van der Waals surface area contributed by atoms with Crippen LogP contribution in [0.1, 0.15) is 20.7 Å². The van der Waals surface area contributed by atoms with Crippen molar-refractivity contribution in [2.24, 2.45) is 0 Å². The van der Waals surface area contributed by atoms with Crippen LogP contribution in [0.25, 0.3) is 0 Å². The molecule has 0 unspecified atom stereocenters. The number of anilines is 1. The minimum atomic E-state index is -0.674. The Morgan fingerprint density at radius 3 is 2.23 bits per heavy atom. The number of Topliss-reactive ketones (excluding diaryl/α,β-unsaturated/α-hetero) is 1. The van der Waals surface area contributed by atoms with Crippen molar-refractivity contribution in [1.29, 1.82) is 0 Å². The second kappa shape index (κ2) is 7.98. The van der Waals surface area contributed by atoms with Crippen molar-refractivity contribution in [2.45, 2.75) is 0 Å². The second-order valence-corrected chi connectivity index (χ2v) is 5.58. The molecule has 0 atom stereocenters. The summed E-state index contributed by atoms with van der Waals surface area (Å²) in [5.74, 6) is -0.556. The summed E-state index contributed by atoms with van der Waals surface area (Å²) in [7, 11) is 0. The monoisotopic (exact) mass is 347 g/mol. The number of phenolic OH excluding ortho intramolecular Hbond substituents is 1. The van der Waals surface area contributed by atoms with Crippen LogP contribution >= 0.6 is 0 Å². The Kier molecular flexibility index (Phi) is 5.29. The van der Waals surface area contributed by atoms with E-state index < -0.39 is 5.97 Å². The number of phenols is 1. The van der Waals surface area contributed by atoms with Gasteiger partial charge in [-0.2, -0.15) is 0 Å². The lowest BCUT2D eigenvalue weighted by Gasteiger charge is -2.10. The van der Waals surface area contributed by atoms with E-state index in [1.54, 1.807) is 54.6 Å². The highest BCUT2D eigenvalue weighted by atomic mass is 16.5. The number of esters is 1. The Balaban J connectivity index is 1.69. The van der Waals surface area contributed by atoms with Gasteiger partial charge in [-0.15, -0.1) is 0 Å². The summed E-state index contributed by atoms with van der Waals surface area (Å²) < 4.78 is 5.24. The smallest absolute Gasteiger partial charge is 0.347 e. The first-order chi connectivity index (χ1) is 12.6. The number of rotatable bonds is 6. The summed E-state index contributed by atoms with van der Waals surface area (Å²) in [5, 5.41) is 12.9. The van der Waals surface area contributed by atoms with Crippen LogP contribution in [-0.2, 0) is 0 Å². The molecule has 0 radical (unpaired) electrons. The second-order valence-electron chi connectivity index (χ2n) is 5.58. The molecule has 5 nitrogen and oxygen atoms in total. The first-order valence-corrected chi connectivity index (χ1v) is 8.06. The number of nitrogens with one attached hydrogen (secondary N) is 1. The largest absolute Gasteiger partial charge is 0.507 e. The van der Waals surface area contributed by atoms with Crippen LogP contribution in [-0.4, -0.2) is 23.4 Å². The third kappa shape index (κ3) is 4.27. The summed E-state index contributed by atoms with van der Waals surface area (Å²) >= 11 is 0. The molecule has 130 valence electrons. The van der Waals surface area contributed by atoms with E-state index in [1.165, 1.54) is 12.1 Å². The van der Waals surface area contributed by atoms with Crippen LogP contribution in [0.2, 0.25) is 0 Å². The number of carbonyl (C=O) groups excluding carboxylic acids is 2. The number of para-hydroxylation sites is 1. The van der Waals surface area contributed by atoms with Crippen molar-refractivity contribution in [1.82, 2.24) is 0 Å². The molecule has 26 heavy (non-hydrogen) atoms. The van der Waals surface area contributed by atoms with Gasteiger partial charge in [0.05, 0.1) is 6.54 Å². The summed E-state index contributed by atoms with van der Waals surface area (Å²) in [4.78, 5) is 24.4. The minimum Gasteiger partial charge on any atom is -0.507 e. The van der Waals surface area contributed by atoms with E-state index in [0.29, 0.717) is 17.0 Å². The molecule has 3 aromatic rings. The van der Waals surface area contributed by atoms with E-state index in [9.17, 15) is 14.7 Å². The van der Waals surface area contributed by atoms with Crippen LogP contribution in [0.4, 0.5) is 5.69 Å². The van der Waals surface area contributed by atoms with Gasteiger partial charge in [0.15, 0.2) is 5.78 Å². The molecule has 0 saturated carbocycles. The lowest BCUT2D eigenvalue weighted by Crippen LogP contribution is -2.15. The predicted molar refractivity (Wildman–Crippen MR) is 98.8 cm³/mol. The topological polar surface area (TPSA) is 75.6 Å². The fourth-order valence-corrected chi connectivity index (χ4v) is 2.37. The van der Waals surface area contributed by atoms with Gasteiger partial charge in [0.2, 0.25) is 0 Å². The molecule has 0 aliphatic rings. The van der Waals surface area contributed by atoms with Crippen molar-refractivity contribution in [2.75, 3.05) is 11.9 Å². The highest BCUT2D eigenvalue weighted by Crippen LogP contribution is 2.23. The van der Waals surface area contributed by atoms with Gasteiger partial charge in [0.25, 0.3) is 0 Å². The third-order valence-corrected chi connectivity index (χ3v) is 3.72. The molecular formula is C21H17NO4. The molecule has 0 spiro atoms. The Hall–Kier alpha value is -3.60. The minimum absolute atomic E-state index is 0.0195. The summed E-state index contributed by atoms with van der Waals surface area (Å²) in [5.41, 5.74) is 1.15. The third-order valence-electron chi connectivity index (χ3n) is 3.72. The van der Waals surface area contributed by atoms with Gasteiger partial charge in [0.1, 0.15) is 17.1 Å². The van der Waals surface area contributed by atoms with Crippen LogP contribution in [0.15, 0.2) is 78.9 Å². The number of hydrogen-bond acceptors (Lipinski definition) is 5. The molecule has 0 bridgehead atoms. The van der Waals surface area contributed by atoms with Gasteiger partial charge in [-0.1, -0.05) is 48.5 Å². The highest BCUT2D eigenvalue weighted by Gasteiger charge is 2.15. The van der Waals surface area contributed by atoms with Crippen molar-refractivity contribution in [3.63, 3.8) is 0 Å². The van der Waals surface area contributed by atoms with Gasteiger partial charge in [-0.25, -0.2) is 4.79 Å². The SMILES string of the molecule is O=C(CNc1ccc(O)c(C(=O)Oc2ccccc2)c1)c1ccccc1. The summed E-state index contributed by atoms with van der Waals surface area (Å²) in [6, 6.07) is 21.9. The van der Waals surface area contributed by atoms with Crippen molar-refractivity contribution >= 4 is 17.4 Å². The maximum Gasteiger partial charge on any atom is 0.347 e. The van der Waals surface area contributed by atoms with Crippen molar-refractivity contribution < 1.29 is 19.4 Å². The number of aromatic hydroxyl groups is 1. The Morgan fingerprint density at radius 1 is 0.885 bits per heavy atom. The molecule has 2 N–H and O–H groups in total. The van der Waals surface area contributed by atoms with E-state index in [-0.39, 0.29) is 23.6 Å². The summed E-state index contributed by atoms with van der Waals surface area (Å²) in [6.07, 6.45) is 0. The average molecular weight is 347 g/mol. The Bertz CT molecular complexity index is 908. The fraction of sp³-hybridized carbons (Fsp3) is 0.0476. The maximum absolute atomic E-state index is 12.3. The average Bonchev–Trinajstić information content (AvgIpc) is 2.68. The van der Waals surface area contributed by atoms with Gasteiger partial charge >= 0.3 is 5.97 Å². The molecular weight excluding hydrogens is 330 g/mol. The lowest BCUT2D eigenvalue weighted by molar-refractivity contribution is 0.0731. The van der Waals surface area contributed by atoms with Gasteiger partial charge in [-0.05, 0) is 30.3 Å². The van der Waals surface area contributed by atoms with Crippen molar-refractivity contribution in [3.05, 3.63) is 90.0 Å². The standard InChI is InChI=1S/C21H17NO4/c23-19-12-11-16(22-14-20(24)15-7-3-1-4-8-15)13-18(19)21(25)26-17-9-5-2-6-10-17/h1-13,22-23H,14H2. The number of hydrogen-bond donors (Lipinski definition) is 2. The van der Waals surface area contributed by atoms with Gasteiger partial charge in [0, 0.05) is 11.3 Å². The summed E-state index contributed by atoms with van der Waals surface area (Å²) in [6.45, 7) is 0.0714. The maximum atomic E-state index is 12.3. The van der Waals surface area contributed by atoms with Crippen molar-refractivity contribution in [3.8, 4) is 11.5 Å². The number of benzene rings is 3. The molecule has 0 heterocycles. The normalized spacial score (nSPS) is 10.2. The number of carbonyl (C=O) groups is 2. The first kappa shape index (κ1) is 17.2. The lowest BCUT2D eigenvalue weighted by atomic mass is 10.1. The van der Waals surface area contributed by atoms with Crippen LogP contribution in [0, 0.1) is 0 Å². The molecule has 0 aromatic heterocycles. The Morgan fingerprint density at radius 2 is 1.54 bits per heavy atom. The zero-order valence-corrected chi connectivity index (χ0v) is 13.9. The van der Waals surface area contributed by atoms with E-state index in [2.05, 4.69) is 5.32 Å². The molecule has 3 aromatic carbocycles. The Labute approximate surface area is 150 Å². The molecule has 0 aliphatic heterocycles. The number of ether oxygens (including phenoxy) is 1. The molecule has 0 fully saturated rings. The number of ketones is 1. The molecule has 0 amide bonds. The van der Waals surface area contributed by atoms with Gasteiger partial charge < -0.3 is 15.2 Å². The van der Waals surface area contributed by atoms with E-state index in [0.717, 1.165) is 0 Å². The first-order valence-electron chi connectivity index (χ1n) is 8.06. The zero-order chi connectivity index (χ0) is 18.4. The van der Waals surface area contributed by atoms with E-state index in [4.69, 9.17) is 4.74 Å². The van der Waals surface area contributed by atoms with Gasteiger partial charge in [-0.3, -0.25) is 4.79 Å².